The Labute approximate surface area is 73.4 Å². The zero-order valence-corrected chi connectivity index (χ0v) is 7.25. The van der Waals surface area contributed by atoms with Crippen LogP contribution in [-0.4, -0.2) is 11.7 Å². The summed E-state index contributed by atoms with van der Waals surface area (Å²) in [6.45, 7) is 5.72. The van der Waals surface area contributed by atoms with Crippen LogP contribution >= 0.6 is 0 Å². The Balaban J connectivity index is 2.93. The van der Waals surface area contributed by atoms with Gasteiger partial charge in [0.15, 0.2) is 0 Å². The summed E-state index contributed by atoms with van der Waals surface area (Å²) < 4.78 is 0. The third kappa shape index (κ3) is 1.95. The molecular formula is C11H13O. The molecule has 1 aromatic rings. The van der Waals surface area contributed by atoms with Crippen molar-refractivity contribution in [3.8, 4) is 0 Å². The van der Waals surface area contributed by atoms with E-state index in [-0.39, 0.29) is 6.61 Å². The van der Waals surface area contributed by atoms with Crippen LogP contribution in [0.2, 0.25) is 0 Å². The SMILES string of the molecule is C=Cc1cccc([C](C)CO)c1. The van der Waals surface area contributed by atoms with Crippen LogP contribution in [0.1, 0.15) is 18.1 Å². The molecule has 1 radical (unpaired) electrons. The average molecular weight is 161 g/mol. The van der Waals surface area contributed by atoms with E-state index in [1.54, 1.807) is 6.08 Å². The molecule has 1 rings (SSSR count). The van der Waals surface area contributed by atoms with Gasteiger partial charge in [-0.3, -0.25) is 0 Å². The molecule has 0 atom stereocenters. The van der Waals surface area contributed by atoms with E-state index < -0.39 is 0 Å². The van der Waals surface area contributed by atoms with E-state index >= 15 is 0 Å². The van der Waals surface area contributed by atoms with Crippen molar-refractivity contribution in [1.82, 2.24) is 0 Å². The van der Waals surface area contributed by atoms with Crippen LogP contribution in [-0.2, 0) is 0 Å². The minimum absolute atomic E-state index is 0.112. The lowest BCUT2D eigenvalue weighted by molar-refractivity contribution is 0.315. The number of benzene rings is 1. The van der Waals surface area contributed by atoms with E-state index in [9.17, 15) is 0 Å². The third-order valence-electron chi connectivity index (χ3n) is 1.85. The summed E-state index contributed by atoms with van der Waals surface area (Å²) in [5.41, 5.74) is 2.16. The third-order valence-corrected chi connectivity index (χ3v) is 1.85. The van der Waals surface area contributed by atoms with E-state index in [4.69, 9.17) is 5.11 Å². The highest BCUT2D eigenvalue weighted by Crippen LogP contribution is 2.15. The maximum absolute atomic E-state index is 8.89. The summed E-state index contributed by atoms with van der Waals surface area (Å²) >= 11 is 0. The van der Waals surface area contributed by atoms with Crippen molar-refractivity contribution >= 4 is 6.08 Å². The Morgan fingerprint density at radius 1 is 1.58 bits per heavy atom. The van der Waals surface area contributed by atoms with E-state index in [0.717, 1.165) is 17.0 Å². The van der Waals surface area contributed by atoms with Crippen LogP contribution < -0.4 is 0 Å². The molecule has 1 N–H and O–H groups in total. The summed E-state index contributed by atoms with van der Waals surface area (Å²) in [6.07, 6.45) is 1.80. The van der Waals surface area contributed by atoms with Crippen molar-refractivity contribution in [3.05, 3.63) is 47.9 Å². The standard InChI is InChI=1S/C11H13O/c1-3-10-5-4-6-11(7-10)9(2)8-12/h3-7,12H,1,8H2,2H3. The number of aliphatic hydroxyl groups is 1. The molecule has 0 spiro atoms. The maximum atomic E-state index is 8.89. The summed E-state index contributed by atoms with van der Waals surface area (Å²) in [7, 11) is 0. The van der Waals surface area contributed by atoms with Gasteiger partial charge in [0.1, 0.15) is 0 Å². The van der Waals surface area contributed by atoms with Crippen molar-refractivity contribution < 1.29 is 5.11 Å². The molecule has 0 unspecified atom stereocenters. The van der Waals surface area contributed by atoms with Gasteiger partial charge in [-0.05, 0) is 11.1 Å². The predicted octanol–water partition coefficient (Wildman–Crippen LogP) is 2.26. The maximum Gasteiger partial charge on any atom is 0.0534 e. The second-order valence-electron chi connectivity index (χ2n) is 2.77. The van der Waals surface area contributed by atoms with Crippen LogP contribution in [0.15, 0.2) is 30.8 Å². The Kier molecular flexibility index (Phi) is 3.06. The molecular weight excluding hydrogens is 148 g/mol. The zero-order valence-electron chi connectivity index (χ0n) is 7.25. The highest BCUT2D eigenvalue weighted by Gasteiger charge is 2.03. The van der Waals surface area contributed by atoms with Crippen LogP contribution in [0.5, 0.6) is 0 Å². The van der Waals surface area contributed by atoms with E-state index in [1.165, 1.54) is 0 Å². The average Bonchev–Trinajstić information content (AvgIpc) is 2.17. The van der Waals surface area contributed by atoms with Gasteiger partial charge >= 0.3 is 0 Å². The number of hydrogen-bond acceptors (Lipinski definition) is 1. The van der Waals surface area contributed by atoms with Gasteiger partial charge in [0.25, 0.3) is 0 Å². The molecule has 0 bridgehead atoms. The lowest BCUT2D eigenvalue weighted by atomic mass is 10.00. The van der Waals surface area contributed by atoms with Gasteiger partial charge in [-0.2, -0.15) is 0 Å². The van der Waals surface area contributed by atoms with E-state index in [2.05, 4.69) is 6.58 Å². The van der Waals surface area contributed by atoms with Crippen molar-refractivity contribution in [2.75, 3.05) is 6.61 Å². The quantitative estimate of drug-likeness (QED) is 0.721. The molecule has 0 saturated carbocycles. The normalized spacial score (nSPS) is 10.2. The van der Waals surface area contributed by atoms with Gasteiger partial charge in [0, 0.05) is 5.92 Å². The molecule has 0 aromatic heterocycles. The Morgan fingerprint density at radius 3 is 2.92 bits per heavy atom. The highest BCUT2D eigenvalue weighted by molar-refractivity contribution is 5.50. The monoisotopic (exact) mass is 161 g/mol. The number of aliphatic hydroxyl groups excluding tert-OH is 1. The van der Waals surface area contributed by atoms with Crippen LogP contribution in [0.3, 0.4) is 0 Å². The van der Waals surface area contributed by atoms with Crippen molar-refractivity contribution in [2.45, 2.75) is 6.92 Å². The van der Waals surface area contributed by atoms with Gasteiger partial charge in [0.2, 0.25) is 0 Å². The first-order valence-corrected chi connectivity index (χ1v) is 3.94. The Hall–Kier alpha value is -1.08. The van der Waals surface area contributed by atoms with E-state index in [1.807, 2.05) is 31.2 Å². The molecule has 12 heavy (non-hydrogen) atoms. The lowest BCUT2D eigenvalue weighted by Gasteiger charge is -2.07. The molecule has 0 aliphatic rings. The molecule has 0 saturated heterocycles. The molecule has 1 heteroatoms. The van der Waals surface area contributed by atoms with E-state index in [0.29, 0.717) is 0 Å². The second kappa shape index (κ2) is 4.07. The topological polar surface area (TPSA) is 20.2 Å². The smallest absolute Gasteiger partial charge is 0.0534 e. The molecule has 1 nitrogen and oxygen atoms in total. The van der Waals surface area contributed by atoms with Gasteiger partial charge < -0.3 is 5.11 Å². The molecule has 0 fully saturated rings. The van der Waals surface area contributed by atoms with Crippen LogP contribution in [0.4, 0.5) is 0 Å². The first-order valence-electron chi connectivity index (χ1n) is 3.94. The van der Waals surface area contributed by atoms with Crippen molar-refractivity contribution in [1.29, 1.82) is 0 Å². The minimum atomic E-state index is 0.112. The zero-order chi connectivity index (χ0) is 8.97. The fourth-order valence-electron chi connectivity index (χ4n) is 1.02. The predicted molar refractivity (Wildman–Crippen MR) is 51.6 cm³/mol. The van der Waals surface area contributed by atoms with Crippen molar-refractivity contribution in [2.24, 2.45) is 0 Å². The minimum Gasteiger partial charge on any atom is -0.395 e. The van der Waals surface area contributed by atoms with Gasteiger partial charge in [-0.1, -0.05) is 43.8 Å². The summed E-state index contributed by atoms with van der Waals surface area (Å²) in [4.78, 5) is 0. The molecule has 0 aliphatic heterocycles. The fourth-order valence-corrected chi connectivity index (χ4v) is 1.02. The summed E-state index contributed by atoms with van der Waals surface area (Å²) in [6, 6.07) is 7.95. The van der Waals surface area contributed by atoms with Crippen LogP contribution in [0.25, 0.3) is 6.08 Å². The number of rotatable bonds is 3. The number of hydrogen-bond donors (Lipinski definition) is 1. The second-order valence-corrected chi connectivity index (χ2v) is 2.77. The molecule has 0 heterocycles. The molecule has 0 aliphatic carbocycles. The summed E-state index contributed by atoms with van der Waals surface area (Å²) in [5, 5.41) is 8.89. The summed E-state index contributed by atoms with van der Waals surface area (Å²) in [5.74, 6) is 0.985. The fraction of sp³-hybridized carbons (Fsp3) is 0.182. The highest BCUT2D eigenvalue weighted by atomic mass is 16.3. The first-order chi connectivity index (χ1) is 5.77. The molecule has 1 aromatic carbocycles. The molecule has 63 valence electrons. The molecule has 0 amide bonds. The van der Waals surface area contributed by atoms with Gasteiger partial charge in [-0.25, -0.2) is 0 Å². The lowest BCUT2D eigenvalue weighted by Crippen LogP contribution is -1.99. The van der Waals surface area contributed by atoms with Gasteiger partial charge in [0.05, 0.1) is 6.61 Å². The van der Waals surface area contributed by atoms with Gasteiger partial charge in [-0.15, -0.1) is 0 Å². The first kappa shape index (κ1) is 9.01. The van der Waals surface area contributed by atoms with Crippen molar-refractivity contribution in [3.63, 3.8) is 0 Å². The van der Waals surface area contributed by atoms with Crippen LogP contribution in [0, 0.1) is 5.92 Å². The Bertz CT molecular complexity index is 265. The largest absolute Gasteiger partial charge is 0.395 e. The Morgan fingerprint density at radius 2 is 2.33 bits per heavy atom.